The van der Waals surface area contributed by atoms with Gasteiger partial charge in [-0.05, 0) is 79.7 Å². The molecule has 3 heterocycles. The topological polar surface area (TPSA) is 206 Å². The van der Waals surface area contributed by atoms with Crippen molar-refractivity contribution < 1.29 is 68.9 Å². The van der Waals surface area contributed by atoms with Crippen molar-refractivity contribution in [3.63, 3.8) is 0 Å². The maximum Gasteiger partial charge on any atom is 0.186 e. The van der Waals surface area contributed by atoms with E-state index in [9.17, 15) is 35.7 Å². The number of hydrogen-bond acceptors (Lipinski definition) is 14. The van der Waals surface area contributed by atoms with Crippen molar-refractivity contribution in [3.05, 3.63) is 59.2 Å². The van der Waals surface area contributed by atoms with Gasteiger partial charge < -0.3 is 68.9 Å². The summed E-state index contributed by atoms with van der Waals surface area (Å²) in [5.41, 5.74) is 3.28. The standard InChI is InChI=1S/C42H64O14/c1-41(2,25-54-28-14-11-26(12-15-28)9-5-7-18-52-39-37(48)35(46)33(44)31(22-43)55-39)24-50-23-32-34(45)36(47)38(49)40(56-32)53-19-8-6-10-27-13-16-30-29(21-27)42(3,4)17-20-51-30/h11-16,21,31-40,43-49H,5-10,17-20,22-25H2,1-4H3. The van der Waals surface area contributed by atoms with Crippen LogP contribution in [-0.2, 0) is 41.9 Å². The van der Waals surface area contributed by atoms with Gasteiger partial charge in [-0.1, -0.05) is 52.0 Å². The second-order valence-corrected chi connectivity index (χ2v) is 16.8. The first kappa shape index (κ1) is 44.7. The van der Waals surface area contributed by atoms with Gasteiger partial charge in [0.05, 0.1) is 33.0 Å². The Hall–Kier alpha value is -2.44. The maximum absolute atomic E-state index is 10.6. The van der Waals surface area contributed by atoms with Crippen LogP contribution in [0.4, 0.5) is 0 Å². The SMILES string of the molecule is CC(C)(COCC1OC(OCCCCc2ccc3c(c2)C(C)(C)CCO3)C(O)C(O)C1O)COc1ccc(CCCCOC2OC(CO)C(O)C(O)C2O)cc1. The fraction of sp³-hybridized carbons (Fsp3) is 0.714. The first-order valence-electron chi connectivity index (χ1n) is 20.0. The van der Waals surface area contributed by atoms with Crippen LogP contribution in [0, 0.1) is 5.41 Å². The van der Waals surface area contributed by atoms with Gasteiger partial charge in [-0.15, -0.1) is 0 Å². The molecule has 3 aliphatic heterocycles. The van der Waals surface area contributed by atoms with Crippen LogP contribution in [0.15, 0.2) is 42.5 Å². The number of unbranched alkanes of at least 4 members (excludes halogenated alkanes) is 2. The fourth-order valence-electron chi connectivity index (χ4n) is 7.12. The molecular weight excluding hydrogens is 728 g/mol. The molecule has 3 aliphatic rings. The molecule has 0 saturated carbocycles. The van der Waals surface area contributed by atoms with Crippen LogP contribution >= 0.6 is 0 Å². The molecule has 2 fully saturated rings. The summed E-state index contributed by atoms with van der Waals surface area (Å²) in [6, 6.07) is 14.2. The largest absolute Gasteiger partial charge is 0.493 e. The lowest BCUT2D eigenvalue weighted by molar-refractivity contribution is -0.303. The summed E-state index contributed by atoms with van der Waals surface area (Å²) in [5.74, 6) is 1.67. The van der Waals surface area contributed by atoms with Crippen LogP contribution in [-0.4, -0.2) is 143 Å². The third-order valence-electron chi connectivity index (χ3n) is 10.9. The van der Waals surface area contributed by atoms with E-state index in [0.717, 1.165) is 56.4 Å². The Balaban J connectivity index is 0.959. The van der Waals surface area contributed by atoms with Crippen LogP contribution in [0.3, 0.4) is 0 Å². The highest BCUT2D eigenvalue weighted by Gasteiger charge is 2.45. The van der Waals surface area contributed by atoms with E-state index in [1.54, 1.807) is 0 Å². The minimum absolute atomic E-state index is 0.00508. The second kappa shape index (κ2) is 20.5. The minimum atomic E-state index is -1.46. The lowest BCUT2D eigenvalue weighted by Gasteiger charge is -2.40. The van der Waals surface area contributed by atoms with E-state index < -0.39 is 73.4 Å². The van der Waals surface area contributed by atoms with Crippen LogP contribution < -0.4 is 9.47 Å². The first-order valence-corrected chi connectivity index (χ1v) is 20.0. The van der Waals surface area contributed by atoms with Crippen molar-refractivity contribution in [2.45, 2.75) is 139 Å². The summed E-state index contributed by atoms with van der Waals surface area (Å²) in [6.07, 6.45) is -6.82. The van der Waals surface area contributed by atoms with Crippen molar-refractivity contribution in [3.8, 4) is 11.5 Å². The highest BCUT2D eigenvalue weighted by atomic mass is 16.7. The van der Waals surface area contributed by atoms with E-state index in [4.69, 9.17) is 33.2 Å². The Kier molecular flexibility index (Phi) is 16.3. The van der Waals surface area contributed by atoms with Gasteiger partial charge >= 0.3 is 0 Å². The summed E-state index contributed by atoms with van der Waals surface area (Å²) >= 11 is 0. The molecule has 2 aromatic rings. The number of rotatable bonds is 20. The van der Waals surface area contributed by atoms with Crippen molar-refractivity contribution >= 4 is 0 Å². The molecule has 0 bridgehead atoms. The summed E-state index contributed by atoms with van der Waals surface area (Å²) in [4.78, 5) is 0. The first-order chi connectivity index (χ1) is 26.7. The zero-order chi connectivity index (χ0) is 40.5. The van der Waals surface area contributed by atoms with Gasteiger partial charge in [0.2, 0.25) is 0 Å². The average molecular weight is 793 g/mol. The summed E-state index contributed by atoms with van der Waals surface area (Å²) < 4.78 is 40.5. The van der Waals surface area contributed by atoms with Gasteiger partial charge in [-0.25, -0.2) is 0 Å². The van der Waals surface area contributed by atoms with Gasteiger partial charge in [0.25, 0.3) is 0 Å². The molecule has 56 heavy (non-hydrogen) atoms. The van der Waals surface area contributed by atoms with E-state index in [0.29, 0.717) is 32.0 Å². The van der Waals surface area contributed by atoms with Crippen LogP contribution in [0.5, 0.6) is 11.5 Å². The second-order valence-electron chi connectivity index (χ2n) is 16.8. The van der Waals surface area contributed by atoms with Gasteiger partial charge in [0.1, 0.15) is 60.3 Å². The number of aliphatic hydroxyl groups is 7. The van der Waals surface area contributed by atoms with E-state index >= 15 is 0 Å². The summed E-state index contributed by atoms with van der Waals surface area (Å²) in [6.45, 7) is 9.96. The average Bonchev–Trinajstić information content (AvgIpc) is 3.17. The molecule has 316 valence electrons. The monoisotopic (exact) mass is 792 g/mol. The number of aryl methyl sites for hydroxylation is 2. The van der Waals surface area contributed by atoms with E-state index in [1.165, 1.54) is 11.1 Å². The molecule has 2 aromatic carbocycles. The van der Waals surface area contributed by atoms with E-state index in [1.807, 2.05) is 38.1 Å². The van der Waals surface area contributed by atoms with E-state index in [2.05, 4.69) is 32.0 Å². The van der Waals surface area contributed by atoms with Crippen molar-refractivity contribution in [2.24, 2.45) is 5.41 Å². The zero-order valence-corrected chi connectivity index (χ0v) is 33.2. The molecule has 14 nitrogen and oxygen atoms in total. The van der Waals surface area contributed by atoms with Crippen molar-refractivity contribution in [1.82, 2.24) is 0 Å². The van der Waals surface area contributed by atoms with Gasteiger partial charge in [-0.3, -0.25) is 0 Å². The van der Waals surface area contributed by atoms with Gasteiger partial charge in [-0.2, -0.15) is 0 Å². The summed E-state index contributed by atoms with van der Waals surface area (Å²) in [7, 11) is 0. The highest BCUT2D eigenvalue weighted by Crippen LogP contribution is 2.39. The third-order valence-corrected chi connectivity index (χ3v) is 10.9. The van der Waals surface area contributed by atoms with Crippen molar-refractivity contribution in [2.75, 3.05) is 46.2 Å². The smallest absolute Gasteiger partial charge is 0.186 e. The lowest BCUT2D eigenvalue weighted by Crippen LogP contribution is -2.59. The molecular formula is C42H64O14. The molecule has 0 amide bonds. The minimum Gasteiger partial charge on any atom is -0.493 e. The number of benzene rings is 2. The van der Waals surface area contributed by atoms with Crippen LogP contribution in [0.25, 0.3) is 0 Å². The number of hydrogen-bond donors (Lipinski definition) is 7. The molecule has 0 aliphatic carbocycles. The molecule has 0 spiro atoms. The Morgan fingerprint density at radius 2 is 1.27 bits per heavy atom. The Bertz CT molecular complexity index is 1470. The predicted molar refractivity (Wildman–Crippen MR) is 204 cm³/mol. The van der Waals surface area contributed by atoms with Gasteiger partial charge in [0.15, 0.2) is 12.6 Å². The Labute approximate surface area is 330 Å². The molecule has 2 saturated heterocycles. The van der Waals surface area contributed by atoms with Crippen LogP contribution in [0.2, 0.25) is 0 Å². The Morgan fingerprint density at radius 1 is 0.696 bits per heavy atom. The molecule has 5 rings (SSSR count). The highest BCUT2D eigenvalue weighted by molar-refractivity contribution is 5.43. The van der Waals surface area contributed by atoms with Crippen molar-refractivity contribution in [1.29, 1.82) is 0 Å². The number of ether oxygens (including phenoxy) is 7. The summed E-state index contributed by atoms with van der Waals surface area (Å²) in [5, 5.41) is 70.9. The third kappa shape index (κ3) is 12.1. The normalized spacial score (nSPS) is 30.4. The number of fused-ring (bicyclic) bond motifs is 1. The van der Waals surface area contributed by atoms with Crippen LogP contribution in [0.1, 0.15) is 76.5 Å². The lowest BCUT2D eigenvalue weighted by atomic mass is 9.79. The molecule has 7 N–H and O–H groups in total. The fourth-order valence-corrected chi connectivity index (χ4v) is 7.12. The maximum atomic E-state index is 10.6. The molecule has 10 unspecified atom stereocenters. The molecule has 0 radical (unpaired) electrons. The molecule has 10 atom stereocenters. The zero-order valence-electron chi connectivity index (χ0n) is 33.2. The number of aliphatic hydroxyl groups excluding tert-OH is 7. The predicted octanol–water partition coefficient (Wildman–Crippen LogP) is 2.15. The molecule has 0 aromatic heterocycles. The van der Waals surface area contributed by atoms with E-state index in [-0.39, 0.29) is 18.6 Å². The quantitative estimate of drug-likeness (QED) is 0.0961. The Morgan fingerprint density at radius 3 is 1.89 bits per heavy atom. The molecule has 14 heteroatoms. The van der Waals surface area contributed by atoms with Gasteiger partial charge in [0, 0.05) is 24.2 Å².